The fourth-order valence-electron chi connectivity index (χ4n) is 1.63. The standard InChI is InChI=1S/C14H16F3NO4/c1-13(2,3)22-12(21)18-10-5-4-8(15)6-9(10)14(16,17)7-11(19)20/h4-6H,7H2,1-3H3,(H,18,21)(H,19,20). The van der Waals surface area contributed by atoms with E-state index in [9.17, 15) is 22.8 Å². The molecule has 5 nitrogen and oxygen atoms in total. The molecule has 0 aliphatic heterocycles. The Hall–Kier alpha value is -2.25. The number of aliphatic carboxylic acids is 1. The van der Waals surface area contributed by atoms with E-state index in [0.717, 1.165) is 12.1 Å². The van der Waals surface area contributed by atoms with Gasteiger partial charge in [-0.25, -0.2) is 18.0 Å². The van der Waals surface area contributed by atoms with Crippen LogP contribution in [0.2, 0.25) is 0 Å². The van der Waals surface area contributed by atoms with E-state index < -0.39 is 47.1 Å². The Kier molecular flexibility index (Phi) is 5.05. The third-order valence-electron chi connectivity index (χ3n) is 2.38. The molecule has 8 heteroatoms. The van der Waals surface area contributed by atoms with Crippen LogP contribution < -0.4 is 5.32 Å². The third kappa shape index (κ3) is 5.27. The predicted octanol–water partition coefficient (Wildman–Crippen LogP) is 3.74. The first-order valence-corrected chi connectivity index (χ1v) is 6.30. The molecule has 0 bridgehead atoms. The van der Waals surface area contributed by atoms with Crippen molar-refractivity contribution in [3.8, 4) is 0 Å². The number of hydrogen-bond acceptors (Lipinski definition) is 3. The van der Waals surface area contributed by atoms with Gasteiger partial charge < -0.3 is 9.84 Å². The first-order valence-electron chi connectivity index (χ1n) is 6.30. The Bertz CT molecular complexity index is 582. The SMILES string of the molecule is CC(C)(C)OC(=O)Nc1ccc(F)cc1C(F)(F)CC(=O)O. The lowest BCUT2D eigenvalue weighted by Gasteiger charge is -2.22. The zero-order chi connectivity index (χ0) is 17.1. The molecule has 0 atom stereocenters. The van der Waals surface area contributed by atoms with E-state index in [0.29, 0.717) is 6.07 Å². The molecule has 0 radical (unpaired) electrons. The average Bonchev–Trinajstić information content (AvgIpc) is 2.27. The summed E-state index contributed by atoms with van der Waals surface area (Å²) in [5, 5.41) is 10.6. The van der Waals surface area contributed by atoms with Gasteiger partial charge >= 0.3 is 12.1 Å². The highest BCUT2D eigenvalue weighted by molar-refractivity contribution is 5.86. The molecule has 0 saturated heterocycles. The molecule has 0 heterocycles. The molecule has 1 aromatic rings. The Morgan fingerprint density at radius 2 is 1.86 bits per heavy atom. The van der Waals surface area contributed by atoms with Crippen molar-refractivity contribution in [2.75, 3.05) is 5.32 Å². The summed E-state index contributed by atoms with van der Waals surface area (Å²) < 4.78 is 45.9. The number of nitrogens with one attached hydrogen (secondary N) is 1. The summed E-state index contributed by atoms with van der Waals surface area (Å²) in [5.74, 6) is -6.58. The summed E-state index contributed by atoms with van der Waals surface area (Å²) in [4.78, 5) is 22.1. The number of hydrogen-bond donors (Lipinski definition) is 2. The van der Waals surface area contributed by atoms with Crippen LogP contribution in [0.3, 0.4) is 0 Å². The van der Waals surface area contributed by atoms with E-state index in [4.69, 9.17) is 9.84 Å². The van der Waals surface area contributed by atoms with Crippen LogP contribution in [0.15, 0.2) is 18.2 Å². The van der Waals surface area contributed by atoms with Gasteiger partial charge in [0.1, 0.15) is 17.8 Å². The van der Waals surface area contributed by atoms with Crippen LogP contribution in [0.1, 0.15) is 32.8 Å². The maximum absolute atomic E-state index is 13.9. The number of rotatable bonds is 4. The van der Waals surface area contributed by atoms with Gasteiger partial charge in [-0.1, -0.05) is 0 Å². The normalized spacial score (nSPS) is 11.9. The van der Waals surface area contributed by atoms with Gasteiger partial charge in [-0.2, -0.15) is 0 Å². The van der Waals surface area contributed by atoms with Gasteiger partial charge in [0.25, 0.3) is 5.92 Å². The van der Waals surface area contributed by atoms with Crippen molar-refractivity contribution in [3.05, 3.63) is 29.6 Å². The Balaban J connectivity index is 3.11. The van der Waals surface area contributed by atoms with Gasteiger partial charge in [-0.05, 0) is 39.0 Å². The van der Waals surface area contributed by atoms with Crippen LogP contribution >= 0.6 is 0 Å². The molecule has 0 fully saturated rings. The molecule has 0 spiro atoms. The van der Waals surface area contributed by atoms with E-state index in [1.165, 1.54) is 0 Å². The van der Waals surface area contributed by atoms with Crippen molar-refractivity contribution >= 4 is 17.7 Å². The molecule has 1 aromatic carbocycles. The smallest absolute Gasteiger partial charge is 0.412 e. The van der Waals surface area contributed by atoms with Gasteiger partial charge in [0.15, 0.2) is 0 Å². The lowest BCUT2D eigenvalue weighted by Crippen LogP contribution is -2.28. The molecule has 2 N–H and O–H groups in total. The van der Waals surface area contributed by atoms with Gasteiger partial charge in [0.05, 0.1) is 5.69 Å². The van der Waals surface area contributed by atoms with Crippen LogP contribution in [0, 0.1) is 5.82 Å². The lowest BCUT2D eigenvalue weighted by molar-refractivity contribution is -0.145. The number of amides is 1. The molecular formula is C14H16F3NO4. The van der Waals surface area contributed by atoms with Crippen molar-refractivity contribution in [2.45, 2.75) is 38.7 Å². The minimum absolute atomic E-state index is 0.415. The highest BCUT2D eigenvalue weighted by atomic mass is 19.3. The van der Waals surface area contributed by atoms with E-state index in [1.807, 2.05) is 0 Å². The monoisotopic (exact) mass is 319 g/mol. The highest BCUT2D eigenvalue weighted by Crippen LogP contribution is 2.37. The van der Waals surface area contributed by atoms with E-state index in [2.05, 4.69) is 5.32 Å². The topological polar surface area (TPSA) is 75.6 Å². The summed E-state index contributed by atoms with van der Waals surface area (Å²) in [6, 6.07) is 2.27. The first-order chi connectivity index (χ1) is 9.90. The summed E-state index contributed by atoms with van der Waals surface area (Å²) in [6.45, 7) is 4.74. The Morgan fingerprint density at radius 3 is 2.36 bits per heavy atom. The number of alkyl halides is 2. The van der Waals surface area contributed by atoms with Crippen LogP contribution in [0.25, 0.3) is 0 Å². The summed E-state index contributed by atoms with van der Waals surface area (Å²) >= 11 is 0. The molecule has 122 valence electrons. The zero-order valence-corrected chi connectivity index (χ0v) is 12.2. The molecule has 1 rings (SSSR count). The number of carboxylic acid groups (broad SMARTS) is 1. The number of carbonyl (C=O) groups excluding carboxylic acids is 1. The predicted molar refractivity (Wildman–Crippen MR) is 72.4 cm³/mol. The van der Waals surface area contributed by atoms with Crippen molar-refractivity contribution in [1.82, 2.24) is 0 Å². The number of carboxylic acids is 1. The van der Waals surface area contributed by atoms with Crippen molar-refractivity contribution < 1.29 is 32.6 Å². The number of halogens is 3. The maximum atomic E-state index is 13.9. The van der Waals surface area contributed by atoms with Gasteiger partial charge in [-0.15, -0.1) is 0 Å². The number of benzene rings is 1. The molecule has 0 saturated carbocycles. The average molecular weight is 319 g/mol. The lowest BCUT2D eigenvalue weighted by atomic mass is 10.0. The first kappa shape index (κ1) is 17.8. The number of carbonyl (C=O) groups is 2. The van der Waals surface area contributed by atoms with Crippen LogP contribution in [0.4, 0.5) is 23.7 Å². The number of anilines is 1. The van der Waals surface area contributed by atoms with Crippen LogP contribution in [0.5, 0.6) is 0 Å². The highest BCUT2D eigenvalue weighted by Gasteiger charge is 2.37. The van der Waals surface area contributed by atoms with Crippen molar-refractivity contribution in [1.29, 1.82) is 0 Å². The minimum Gasteiger partial charge on any atom is -0.481 e. The summed E-state index contributed by atoms with van der Waals surface area (Å²) in [5.41, 5.74) is -2.20. The van der Waals surface area contributed by atoms with Crippen molar-refractivity contribution in [3.63, 3.8) is 0 Å². The minimum atomic E-state index is -3.85. The van der Waals surface area contributed by atoms with E-state index in [1.54, 1.807) is 20.8 Å². The van der Waals surface area contributed by atoms with Gasteiger partial charge in [0.2, 0.25) is 0 Å². The zero-order valence-electron chi connectivity index (χ0n) is 12.2. The second-order valence-electron chi connectivity index (χ2n) is 5.59. The second-order valence-corrected chi connectivity index (χ2v) is 5.59. The molecule has 0 aromatic heterocycles. The maximum Gasteiger partial charge on any atom is 0.412 e. The fourth-order valence-corrected chi connectivity index (χ4v) is 1.63. The molecular weight excluding hydrogens is 303 g/mol. The van der Waals surface area contributed by atoms with Crippen LogP contribution in [-0.2, 0) is 15.5 Å². The fraction of sp³-hybridized carbons (Fsp3) is 0.429. The summed E-state index contributed by atoms with van der Waals surface area (Å²) in [7, 11) is 0. The van der Waals surface area contributed by atoms with Gasteiger partial charge in [-0.3, -0.25) is 10.1 Å². The molecule has 0 aliphatic carbocycles. The molecule has 22 heavy (non-hydrogen) atoms. The van der Waals surface area contributed by atoms with E-state index >= 15 is 0 Å². The Morgan fingerprint density at radius 1 is 1.27 bits per heavy atom. The number of ether oxygens (including phenoxy) is 1. The largest absolute Gasteiger partial charge is 0.481 e. The molecule has 0 unspecified atom stereocenters. The molecule has 0 aliphatic rings. The van der Waals surface area contributed by atoms with Gasteiger partial charge in [0, 0.05) is 5.56 Å². The van der Waals surface area contributed by atoms with Crippen molar-refractivity contribution in [2.24, 2.45) is 0 Å². The molecule has 1 amide bonds. The second kappa shape index (κ2) is 6.25. The third-order valence-corrected chi connectivity index (χ3v) is 2.38. The van der Waals surface area contributed by atoms with Crippen LogP contribution in [-0.4, -0.2) is 22.8 Å². The van der Waals surface area contributed by atoms with E-state index in [-0.39, 0.29) is 0 Å². The Labute approximate surface area is 125 Å². The summed E-state index contributed by atoms with van der Waals surface area (Å²) in [6.07, 6.45) is -2.54. The quantitative estimate of drug-likeness (QED) is 0.886.